The van der Waals surface area contributed by atoms with Gasteiger partial charge in [0.1, 0.15) is 5.82 Å². The van der Waals surface area contributed by atoms with E-state index in [1.807, 2.05) is 18.3 Å². The van der Waals surface area contributed by atoms with Crippen LogP contribution in [0.4, 0.5) is 0 Å². The Labute approximate surface area is 447 Å². The molecule has 0 bridgehead atoms. The Balaban J connectivity index is 0.00000656. The first-order valence-corrected chi connectivity index (χ1v) is 25.3. The van der Waals surface area contributed by atoms with E-state index in [1.165, 1.54) is 33.4 Å². The summed E-state index contributed by atoms with van der Waals surface area (Å²) in [5.41, 5.74) is 11.9. The molecule has 0 spiro atoms. The molecule has 7 aromatic carbocycles. The maximum atomic E-state index is 6.85. The van der Waals surface area contributed by atoms with E-state index in [1.54, 1.807) is 0 Å². The van der Waals surface area contributed by atoms with Crippen LogP contribution in [0.2, 0.25) is 0 Å². The monoisotopic (exact) mass is 1140 g/mol. The first kappa shape index (κ1) is 51.1. The molecule has 0 unspecified atom stereocenters. The summed E-state index contributed by atoms with van der Waals surface area (Å²) in [6, 6.07) is 70.3. The normalized spacial score (nSPS) is 12.5. The van der Waals surface area contributed by atoms with Gasteiger partial charge in [0.25, 0.3) is 6.33 Å². The van der Waals surface area contributed by atoms with Crippen molar-refractivity contribution in [2.45, 2.75) is 110 Å². The van der Waals surface area contributed by atoms with Crippen molar-refractivity contribution < 1.29 is 30.4 Å². The summed E-state index contributed by atoms with van der Waals surface area (Å²) >= 11 is 0. The second kappa shape index (κ2) is 19.2. The van der Waals surface area contributed by atoms with Gasteiger partial charge in [-0.3, -0.25) is 4.57 Å². The van der Waals surface area contributed by atoms with E-state index in [-0.39, 0.29) is 37.3 Å². The van der Waals surface area contributed by atoms with Gasteiger partial charge in [-0.05, 0) is 85.6 Å². The molecule has 0 saturated carbocycles. The van der Waals surface area contributed by atoms with Crippen LogP contribution in [0.3, 0.4) is 0 Å². The molecule has 0 radical (unpaired) electrons. The van der Waals surface area contributed by atoms with Gasteiger partial charge in [0.2, 0.25) is 0 Å². The third-order valence-corrected chi connectivity index (χ3v) is 14.9. The quantitative estimate of drug-likeness (QED) is 0.0956. The van der Waals surface area contributed by atoms with E-state index in [9.17, 15) is 0 Å². The van der Waals surface area contributed by atoms with E-state index < -0.39 is 10.8 Å². The van der Waals surface area contributed by atoms with E-state index in [0.717, 1.165) is 50.4 Å². The zero-order valence-electron chi connectivity index (χ0n) is 44.3. The molecule has 372 valence electrons. The molecule has 3 aromatic heterocycles. The average molecular weight is 1140 g/mol. The summed E-state index contributed by atoms with van der Waals surface area (Å²) < 4.78 is 13.6. The number of nitrogens with zero attached hydrogens (tertiary/aromatic N) is 4. The minimum Gasteiger partial charge on any atom is -0.510 e. The Hall–Kier alpha value is -6.81. The van der Waals surface area contributed by atoms with Crippen molar-refractivity contribution >= 4 is 21.8 Å². The predicted octanol–water partition coefficient (Wildman–Crippen LogP) is 16.0. The van der Waals surface area contributed by atoms with Crippen molar-refractivity contribution in [3.05, 3.63) is 245 Å². The molecule has 0 aliphatic heterocycles. The summed E-state index contributed by atoms with van der Waals surface area (Å²) in [6.07, 6.45) is 5.94. The Morgan fingerprint density at radius 2 is 1.03 bits per heavy atom. The van der Waals surface area contributed by atoms with E-state index >= 15 is 0 Å². The number of imidazole rings is 1. The number of pyridine rings is 1. The molecule has 0 aliphatic carbocycles. The van der Waals surface area contributed by atoms with Crippen molar-refractivity contribution in [2.75, 3.05) is 0 Å². The third kappa shape index (κ3) is 9.54. The molecule has 6 heteroatoms. The Morgan fingerprint density at radius 3 is 1.66 bits per heavy atom. The number of para-hydroxylation sites is 1. The first-order chi connectivity index (χ1) is 34.2. The first-order valence-electron chi connectivity index (χ1n) is 25.3. The van der Waals surface area contributed by atoms with Gasteiger partial charge in [-0.1, -0.05) is 204 Å². The average Bonchev–Trinajstić information content (AvgIpc) is 3.95. The van der Waals surface area contributed by atoms with Gasteiger partial charge in [-0.25, -0.2) is 4.98 Å². The van der Waals surface area contributed by atoms with Crippen LogP contribution in [0.25, 0.3) is 39.0 Å². The molecule has 0 amide bonds. The van der Waals surface area contributed by atoms with E-state index in [2.05, 4.69) is 279 Å². The number of rotatable bonds is 11. The van der Waals surface area contributed by atoms with Gasteiger partial charge < -0.3 is 13.9 Å². The predicted molar refractivity (Wildman–Crippen MR) is 296 cm³/mol. The van der Waals surface area contributed by atoms with Crippen LogP contribution >= 0.6 is 0 Å². The fraction of sp³-hybridized carbons (Fsp3) is 0.254. The molecule has 10 rings (SSSR count). The van der Waals surface area contributed by atoms with Gasteiger partial charge in [0.05, 0.1) is 17.1 Å². The van der Waals surface area contributed by atoms with Crippen molar-refractivity contribution in [1.82, 2.24) is 14.1 Å². The largest absolute Gasteiger partial charge is 0.510 e. The Bertz CT molecular complexity index is 3590. The molecule has 10 aromatic rings. The zero-order valence-corrected chi connectivity index (χ0v) is 46.6. The minimum absolute atomic E-state index is 0. The van der Waals surface area contributed by atoms with Gasteiger partial charge in [-0.15, -0.1) is 29.7 Å². The SMILES string of the molecule is CC(C)(C)c1cc(-[n+]2[c-]n(-c3[c-]c(Oc4[c-]c5c(cc4)c4ccccc4n5-c4cc(C(C)(C)C)ccn4)ccc3)c(C(C)(C)c3ccccc3)c2C(C)(C)c2ccccc2)cc(C(C)(C)c2ccccc2)c1.[Pt]. The van der Waals surface area contributed by atoms with Crippen LogP contribution in [0.5, 0.6) is 11.5 Å². The molecular weight excluding hydrogens is 1070 g/mol. The number of ether oxygens (including phenoxy) is 1. The smallest absolute Gasteiger partial charge is 0.267 e. The van der Waals surface area contributed by atoms with Crippen LogP contribution < -0.4 is 9.30 Å². The van der Waals surface area contributed by atoms with Crippen molar-refractivity contribution in [1.29, 1.82) is 0 Å². The molecule has 0 saturated heterocycles. The maximum absolute atomic E-state index is 6.85. The van der Waals surface area contributed by atoms with Crippen molar-refractivity contribution in [2.24, 2.45) is 0 Å². The van der Waals surface area contributed by atoms with Crippen LogP contribution in [0, 0.1) is 18.5 Å². The van der Waals surface area contributed by atoms with Crippen molar-refractivity contribution in [3.8, 4) is 28.7 Å². The molecule has 0 aliphatic rings. The molecule has 0 atom stereocenters. The van der Waals surface area contributed by atoms with Crippen LogP contribution in [-0.2, 0) is 48.1 Å². The Morgan fingerprint density at radius 1 is 0.466 bits per heavy atom. The fourth-order valence-electron chi connectivity index (χ4n) is 10.4. The van der Waals surface area contributed by atoms with Crippen LogP contribution in [-0.4, -0.2) is 14.1 Å². The third-order valence-electron chi connectivity index (χ3n) is 14.9. The number of fused-ring (bicyclic) bond motifs is 3. The number of hydrogen-bond donors (Lipinski definition) is 0. The summed E-state index contributed by atoms with van der Waals surface area (Å²) in [5.74, 6) is 2.00. The summed E-state index contributed by atoms with van der Waals surface area (Å²) in [4.78, 5) is 4.91. The Kier molecular flexibility index (Phi) is 13.5. The molecule has 3 heterocycles. The van der Waals surface area contributed by atoms with E-state index in [4.69, 9.17) is 9.72 Å². The minimum atomic E-state index is -0.520. The van der Waals surface area contributed by atoms with Gasteiger partial charge in [0, 0.05) is 60.5 Å². The second-order valence-corrected chi connectivity index (χ2v) is 23.1. The topological polar surface area (TPSA) is 35.9 Å². The molecule has 0 fully saturated rings. The zero-order chi connectivity index (χ0) is 50.8. The molecule has 73 heavy (non-hydrogen) atoms. The van der Waals surface area contributed by atoms with Crippen molar-refractivity contribution in [3.63, 3.8) is 0 Å². The molecule has 0 N–H and O–H groups in total. The van der Waals surface area contributed by atoms with Crippen LogP contribution in [0.1, 0.15) is 128 Å². The van der Waals surface area contributed by atoms with Gasteiger partial charge in [-0.2, -0.15) is 18.2 Å². The molecular formula is C67H66N4OPt-2. The number of benzene rings is 7. The van der Waals surface area contributed by atoms with Crippen LogP contribution in [0.15, 0.2) is 182 Å². The van der Waals surface area contributed by atoms with E-state index in [0.29, 0.717) is 11.5 Å². The van der Waals surface area contributed by atoms with Gasteiger partial charge >= 0.3 is 0 Å². The maximum Gasteiger partial charge on any atom is 0.267 e. The van der Waals surface area contributed by atoms with Gasteiger partial charge in [0.15, 0.2) is 0 Å². The second-order valence-electron chi connectivity index (χ2n) is 23.1. The summed E-state index contributed by atoms with van der Waals surface area (Å²) in [7, 11) is 0. The molecule has 5 nitrogen and oxygen atoms in total. The fourth-order valence-corrected chi connectivity index (χ4v) is 10.4. The standard InChI is InChI=1S/C67H66N4O.Pt/c1-63(2,3)49-37-38-68-60(42-49)71-58-34-23-22-33-56(58)57-36-35-55(44-59(57)71)72-54-32-24-31-52(43-54)69-45-70(53-40-50(64(4,5)6)39-51(41-53)65(7,8)46-25-16-13-17-26-46)62(67(11,12)48-29-20-15-21-30-48)61(69)66(9,10)47-27-18-14-19-28-47;/h13-42H,1-12H3;/q-2;. The number of hydrogen-bond acceptors (Lipinski definition) is 2. The number of aromatic nitrogens is 4. The summed E-state index contributed by atoms with van der Waals surface area (Å²) in [5, 5.41) is 2.21. The summed E-state index contributed by atoms with van der Waals surface area (Å²) in [6.45, 7) is 27.7.